The predicted molar refractivity (Wildman–Crippen MR) is 109 cm³/mol. The Labute approximate surface area is 153 Å². The third-order valence-electron chi connectivity index (χ3n) is 4.65. The van der Waals surface area contributed by atoms with Crippen molar-refractivity contribution in [1.82, 2.24) is 5.32 Å². The highest BCUT2D eigenvalue weighted by Gasteiger charge is 2.19. The largest absolute Gasteiger partial charge is 0.387 e. The monoisotopic (exact) mass is 343 g/mol. The third kappa shape index (κ3) is 5.59. The summed E-state index contributed by atoms with van der Waals surface area (Å²) in [5.74, 6) is 0.391. The fraction of sp³-hybridized carbons (Fsp3) is 0.478. The van der Waals surface area contributed by atoms with Crippen LogP contribution >= 0.6 is 0 Å². The van der Waals surface area contributed by atoms with E-state index in [2.05, 4.69) is 51.2 Å². The van der Waals surface area contributed by atoms with E-state index in [1.165, 1.54) is 11.1 Å². The molecular weight excluding hydrogens is 309 g/mol. The average molecular weight is 344 g/mol. The summed E-state index contributed by atoms with van der Waals surface area (Å²) in [6, 6.07) is 5.38. The van der Waals surface area contributed by atoms with Crippen LogP contribution < -0.4 is 5.32 Å². The van der Waals surface area contributed by atoms with Gasteiger partial charge in [0.25, 0.3) is 0 Å². The molecule has 1 rings (SSSR count). The Bertz CT molecular complexity index is 637. The van der Waals surface area contributed by atoms with Gasteiger partial charge in [-0.25, -0.2) is 4.39 Å². The number of allylic oxidation sites excluding steroid dienone is 5. The normalized spacial score (nSPS) is 14.6. The second kappa shape index (κ2) is 10.9. The van der Waals surface area contributed by atoms with E-state index >= 15 is 0 Å². The van der Waals surface area contributed by atoms with Gasteiger partial charge >= 0.3 is 0 Å². The quantitative estimate of drug-likeness (QED) is 0.494. The smallest absolute Gasteiger partial charge is 0.132 e. The van der Waals surface area contributed by atoms with Crippen LogP contribution in [-0.4, -0.2) is 7.05 Å². The number of nitrogens with one attached hydrogen (secondary N) is 1. The standard InChI is InChI=1S/C23H34FN/c1-7-12-19(13-8-2)20(16-17(5)9-3)23(25-6)22-18(10-4)14-11-15-21(22)24/h7,11-15,17,25H,8-10,16H2,1-6H3/b12-7-,19-13+,23-20+. The van der Waals surface area contributed by atoms with Gasteiger partial charge in [0.1, 0.15) is 5.82 Å². The number of rotatable bonds is 9. The molecule has 25 heavy (non-hydrogen) atoms. The molecule has 1 nitrogen and oxygen atoms in total. The number of hydrogen-bond acceptors (Lipinski definition) is 1. The molecule has 0 aliphatic rings. The van der Waals surface area contributed by atoms with Crippen molar-refractivity contribution < 1.29 is 4.39 Å². The fourth-order valence-corrected chi connectivity index (χ4v) is 3.12. The van der Waals surface area contributed by atoms with E-state index in [9.17, 15) is 4.39 Å². The van der Waals surface area contributed by atoms with Crippen LogP contribution in [0.2, 0.25) is 0 Å². The van der Waals surface area contributed by atoms with Crippen LogP contribution in [-0.2, 0) is 6.42 Å². The molecule has 0 aromatic heterocycles. The second-order valence-electron chi connectivity index (χ2n) is 6.52. The summed E-state index contributed by atoms with van der Waals surface area (Å²) < 4.78 is 14.8. The van der Waals surface area contributed by atoms with Crippen LogP contribution in [0.5, 0.6) is 0 Å². The minimum Gasteiger partial charge on any atom is -0.387 e. The molecule has 0 aliphatic heterocycles. The molecule has 0 saturated heterocycles. The molecule has 1 aromatic rings. The molecule has 0 amide bonds. The van der Waals surface area contributed by atoms with Crippen molar-refractivity contribution in [2.24, 2.45) is 5.92 Å². The van der Waals surface area contributed by atoms with Gasteiger partial charge in [0.05, 0.1) is 0 Å². The maximum Gasteiger partial charge on any atom is 0.132 e. The van der Waals surface area contributed by atoms with Crippen molar-refractivity contribution >= 4 is 5.70 Å². The highest BCUT2D eigenvalue weighted by atomic mass is 19.1. The van der Waals surface area contributed by atoms with E-state index < -0.39 is 0 Å². The lowest BCUT2D eigenvalue weighted by Gasteiger charge is -2.22. The minimum absolute atomic E-state index is 0.151. The Kier molecular flexibility index (Phi) is 9.26. The maximum atomic E-state index is 14.8. The van der Waals surface area contributed by atoms with Gasteiger partial charge < -0.3 is 5.32 Å². The van der Waals surface area contributed by atoms with Crippen molar-refractivity contribution in [1.29, 1.82) is 0 Å². The summed E-state index contributed by atoms with van der Waals surface area (Å²) in [5.41, 5.74) is 5.09. The van der Waals surface area contributed by atoms with Crippen molar-refractivity contribution in [2.75, 3.05) is 7.05 Å². The summed E-state index contributed by atoms with van der Waals surface area (Å²) in [4.78, 5) is 0. The van der Waals surface area contributed by atoms with E-state index in [1.54, 1.807) is 12.1 Å². The van der Waals surface area contributed by atoms with Crippen molar-refractivity contribution in [3.63, 3.8) is 0 Å². The van der Waals surface area contributed by atoms with Gasteiger partial charge in [-0.15, -0.1) is 0 Å². The van der Waals surface area contributed by atoms with E-state index in [1.807, 2.05) is 20.0 Å². The molecule has 0 fully saturated rings. The molecule has 0 heterocycles. The average Bonchev–Trinajstić information content (AvgIpc) is 2.62. The lowest BCUT2D eigenvalue weighted by Crippen LogP contribution is -2.14. The van der Waals surface area contributed by atoms with Crippen molar-refractivity contribution in [3.8, 4) is 0 Å². The van der Waals surface area contributed by atoms with E-state index in [0.717, 1.165) is 42.5 Å². The van der Waals surface area contributed by atoms with Gasteiger partial charge in [0, 0.05) is 18.3 Å². The molecular formula is C23H34FN. The number of hydrogen-bond donors (Lipinski definition) is 1. The zero-order chi connectivity index (χ0) is 18.8. The Morgan fingerprint density at radius 3 is 2.48 bits per heavy atom. The Hall–Kier alpha value is -1.83. The number of benzene rings is 1. The summed E-state index contributed by atoms with van der Waals surface area (Å²) >= 11 is 0. The fourth-order valence-electron chi connectivity index (χ4n) is 3.12. The molecule has 1 N–H and O–H groups in total. The molecule has 1 aromatic carbocycles. The van der Waals surface area contributed by atoms with Gasteiger partial charge in [-0.05, 0) is 54.9 Å². The van der Waals surface area contributed by atoms with Gasteiger partial charge in [0.15, 0.2) is 0 Å². The number of aryl methyl sites for hydroxylation is 1. The molecule has 0 bridgehead atoms. The first-order chi connectivity index (χ1) is 12.0. The van der Waals surface area contributed by atoms with Gasteiger partial charge in [-0.2, -0.15) is 0 Å². The summed E-state index contributed by atoms with van der Waals surface area (Å²) in [5, 5.41) is 3.33. The lowest BCUT2D eigenvalue weighted by molar-refractivity contribution is 0.559. The Morgan fingerprint density at radius 1 is 1.24 bits per heavy atom. The van der Waals surface area contributed by atoms with Gasteiger partial charge in [0.2, 0.25) is 0 Å². The summed E-state index contributed by atoms with van der Waals surface area (Å²) in [6.07, 6.45) is 10.2. The third-order valence-corrected chi connectivity index (χ3v) is 4.65. The SMILES string of the molecule is C\C=C/C(=C\CC)C(/CC(C)CC)=C(/NC)c1c(F)cccc1CC. The lowest BCUT2D eigenvalue weighted by atomic mass is 9.88. The van der Waals surface area contributed by atoms with E-state index in [-0.39, 0.29) is 5.82 Å². The molecule has 138 valence electrons. The molecule has 1 unspecified atom stereocenters. The highest BCUT2D eigenvalue weighted by molar-refractivity contribution is 5.74. The molecule has 1 atom stereocenters. The molecule has 0 spiro atoms. The molecule has 0 aliphatic carbocycles. The zero-order valence-corrected chi connectivity index (χ0v) is 16.7. The van der Waals surface area contributed by atoms with E-state index in [4.69, 9.17) is 0 Å². The van der Waals surface area contributed by atoms with Crippen LogP contribution in [0, 0.1) is 11.7 Å². The van der Waals surface area contributed by atoms with Crippen LogP contribution in [0.25, 0.3) is 5.70 Å². The van der Waals surface area contributed by atoms with Gasteiger partial charge in [-0.1, -0.05) is 64.5 Å². The van der Waals surface area contributed by atoms with Crippen molar-refractivity contribution in [2.45, 2.75) is 60.3 Å². The van der Waals surface area contributed by atoms with Crippen LogP contribution in [0.4, 0.5) is 4.39 Å². The predicted octanol–water partition coefficient (Wildman–Crippen LogP) is 6.67. The first-order valence-electron chi connectivity index (χ1n) is 9.55. The zero-order valence-electron chi connectivity index (χ0n) is 16.7. The first-order valence-corrected chi connectivity index (χ1v) is 9.55. The van der Waals surface area contributed by atoms with Crippen LogP contribution in [0.3, 0.4) is 0 Å². The number of halogens is 1. The highest BCUT2D eigenvalue weighted by Crippen LogP contribution is 2.32. The molecule has 2 heteroatoms. The first kappa shape index (κ1) is 21.2. The van der Waals surface area contributed by atoms with Crippen LogP contribution in [0.15, 0.2) is 47.6 Å². The minimum atomic E-state index is -0.151. The Balaban J connectivity index is 3.73. The van der Waals surface area contributed by atoms with E-state index in [0.29, 0.717) is 5.92 Å². The Morgan fingerprint density at radius 2 is 1.96 bits per heavy atom. The maximum absolute atomic E-state index is 14.8. The van der Waals surface area contributed by atoms with Crippen LogP contribution in [0.1, 0.15) is 65.0 Å². The second-order valence-corrected chi connectivity index (χ2v) is 6.52. The topological polar surface area (TPSA) is 12.0 Å². The molecule has 0 saturated carbocycles. The molecule has 0 radical (unpaired) electrons. The summed E-state index contributed by atoms with van der Waals surface area (Å²) in [7, 11) is 1.90. The summed E-state index contributed by atoms with van der Waals surface area (Å²) in [6.45, 7) is 10.7. The van der Waals surface area contributed by atoms with Crippen molar-refractivity contribution in [3.05, 3.63) is 64.5 Å². The van der Waals surface area contributed by atoms with Gasteiger partial charge in [-0.3, -0.25) is 0 Å².